The van der Waals surface area contributed by atoms with Gasteiger partial charge in [-0.1, -0.05) is 11.3 Å². The van der Waals surface area contributed by atoms with E-state index in [1.165, 1.54) is 6.33 Å². The molecule has 0 saturated carbocycles. The molecule has 7 nitrogen and oxygen atoms in total. The van der Waals surface area contributed by atoms with Crippen LogP contribution in [0.25, 0.3) is 10.3 Å². The average Bonchev–Trinajstić information content (AvgIpc) is 2.98. The molecule has 4 heterocycles. The maximum absolute atomic E-state index is 12.7. The van der Waals surface area contributed by atoms with Crippen LogP contribution in [-0.2, 0) is 11.2 Å². The van der Waals surface area contributed by atoms with Crippen LogP contribution in [0.3, 0.4) is 0 Å². The molecule has 0 unspecified atom stereocenters. The quantitative estimate of drug-likeness (QED) is 0.698. The number of fused-ring (bicyclic) bond motifs is 1. The second-order valence-corrected chi connectivity index (χ2v) is 10.1. The fraction of sp³-hybridized carbons (Fsp3) is 0.684. The molecule has 0 aromatic carbocycles. The van der Waals surface area contributed by atoms with Crippen LogP contribution in [-0.4, -0.2) is 63.9 Å². The van der Waals surface area contributed by atoms with Crippen LogP contribution >= 0.6 is 11.3 Å². The molecule has 164 valence electrons. The molecule has 0 radical (unpaired) electrons. The van der Waals surface area contributed by atoms with Crippen LogP contribution in [0, 0.1) is 5.41 Å². The molecule has 0 N–H and O–H groups in total. The molecule has 4 rings (SSSR count). The van der Waals surface area contributed by atoms with E-state index in [1.54, 1.807) is 4.90 Å². The van der Waals surface area contributed by atoms with Gasteiger partial charge in [-0.25, -0.2) is 19.7 Å². The number of aromatic nitrogens is 3. The van der Waals surface area contributed by atoms with E-state index in [4.69, 9.17) is 4.74 Å². The molecule has 0 bridgehead atoms. The Morgan fingerprint density at radius 3 is 2.47 bits per heavy atom. The van der Waals surface area contributed by atoms with Crippen molar-refractivity contribution in [1.82, 2.24) is 19.9 Å². The summed E-state index contributed by atoms with van der Waals surface area (Å²) in [5, 5.41) is -0.000254. The Kier molecular flexibility index (Phi) is 5.06. The molecule has 11 heteroatoms. The predicted molar refractivity (Wildman–Crippen MR) is 107 cm³/mol. The van der Waals surface area contributed by atoms with Gasteiger partial charge in [0, 0.05) is 31.6 Å². The summed E-state index contributed by atoms with van der Waals surface area (Å²) < 4.78 is 43.6. The van der Waals surface area contributed by atoms with Crippen LogP contribution in [0.4, 0.5) is 23.8 Å². The molecule has 2 saturated heterocycles. The van der Waals surface area contributed by atoms with E-state index < -0.39 is 18.2 Å². The van der Waals surface area contributed by atoms with E-state index in [0.29, 0.717) is 42.3 Å². The van der Waals surface area contributed by atoms with Gasteiger partial charge in [-0.2, -0.15) is 13.2 Å². The van der Waals surface area contributed by atoms with Gasteiger partial charge >= 0.3 is 12.3 Å². The average molecular weight is 443 g/mol. The van der Waals surface area contributed by atoms with Gasteiger partial charge in [-0.05, 0) is 33.6 Å². The van der Waals surface area contributed by atoms with Gasteiger partial charge < -0.3 is 14.5 Å². The molecular formula is C19H24F3N5O2S. The fourth-order valence-corrected chi connectivity index (χ4v) is 4.92. The Labute approximate surface area is 176 Å². The van der Waals surface area contributed by atoms with Crippen LogP contribution in [0.5, 0.6) is 0 Å². The number of halogens is 3. The number of rotatable bonds is 2. The van der Waals surface area contributed by atoms with Gasteiger partial charge in [-0.15, -0.1) is 0 Å². The summed E-state index contributed by atoms with van der Waals surface area (Å²) in [5.41, 5.74) is -0.00919. The van der Waals surface area contributed by atoms with Crippen molar-refractivity contribution >= 4 is 33.6 Å². The molecule has 2 aromatic heterocycles. The smallest absolute Gasteiger partial charge is 0.410 e. The minimum absolute atomic E-state index is 0.000254. The van der Waals surface area contributed by atoms with Crippen molar-refractivity contribution in [2.75, 3.05) is 31.1 Å². The second kappa shape index (κ2) is 7.21. The molecule has 1 amide bonds. The summed E-state index contributed by atoms with van der Waals surface area (Å²) in [6.45, 7) is 8.30. The summed E-state index contributed by atoms with van der Waals surface area (Å²) in [4.78, 5) is 29.0. The highest BCUT2D eigenvalue weighted by molar-refractivity contribution is 7.18. The fourth-order valence-electron chi connectivity index (χ4n) is 3.99. The first-order chi connectivity index (χ1) is 13.9. The van der Waals surface area contributed by atoms with Gasteiger partial charge in [0.15, 0.2) is 5.82 Å². The van der Waals surface area contributed by atoms with E-state index in [0.717, 1.165) is 24.2 Å². The van der Waals surface area contributed by atoms with Gasteiger partial charge in [-0.3, -0.25) is 0 Å². The number of thiazole rings is 1. The van der Waals surface area contributed by atoms with Gasteiger partial charge in [0.1, 0.15) is 27.3 Å². The van der Waals surface area contributed by atoms with Crippen molar-refractivity contribution in [3.05, 3.63) is 11.3 Å². The normalized spacial score (nSPS) is 19.3. The molecule has 1 spiro atoms. The van der Waals surface area contributed by atoms with Crippen molar-refractivity contribution in [2.24, 2.45) is 5.41 Å². The summed E-state index contributed by atoms with van der Waals surface area (Å²) >= 11 is 0.959. The highest BCUT2D eigenvalue weighted by Gasteiger charge is 2.48. The summed E-state index contributed by atoms with van der Waals surface area (Å²) in [5.74, 6) is 0.586. The number of hydrogen-bond acceptors (Lipinski definition) is 7. The van der Waals surface area contributed by atoms with E-state index in [-0.39, 0.29) is 16.5 Å². The third kappa shape index (κ3) is 4.45. The number of amides is 1. The Balaban J connectivity index is 1.40. The van der Waals surface area contributed by atoms with Crippen LogP contribution in [0.15, 0.2) is 6.33 Å². The number of anilines is 1. The first-order valence-electron chi connectivity index (χ1n) is 9.83. The third-order valence-electron chi connectivity index (χ3n) is 5.40. The Morgan fingerprint density at radius 1 is 1.20 bits per heavy atom. The van der Waals surface area contributed by atoms with Crippen LogP contribution < -0.4 is 4.90 Å². The van der Waals surface area contributed by atoms with Crippen LogP contribution in [0.2, 0.25) is 0 Å². The molecule has 30 heavy (non-hydrogen) atoms. The first-order valence-corrected chi connectivity index (χ1v) is 10.6. The van der Waals surface area contributed by atoms with Crippen LogP contribution in [0.1, 0.15) is 38.6 Å². The van der Waals surface area contributed by atoms with Gasteiger partial charge in [0.25, 0.3) is 0 Å². The van der Waals surface area contributed by atoms with Crippen molar-refractivity contribution < 1.29 is 22.7 Å². The summed E-state index contributed by atoms with van der Waals surface area (Å²) in [6, 6.07) is 0. The standard InChI is InChI=1S/C19H24F3N5O2S/c1-17(2,3)29-16(28)27-9-18(10-27)4-6-26(7-5-18)14-13-15(24-11-23-14)30-12(25-13)8-19(20,21)22/h11H,4-10H2,1-3H3. The van der Waals surface area contributed by atoms with Crippen molar-refractivity contribution in [1.29, 1.82) is 0 Å². The number of hydrogen-bond donors (Lipinski definition) is 0. The number of nitrogens with zero attached hydrogens (tertiary/aromatic N) is 5. The topological polar surface area (TPSA) is 71.5 Å². The SMILES string of the molecule is CC(C)(C)OC(=O)N1CC2(CCN(c3ncnc4sc(CC(F)(F)F)nc34)CC2)C1. The number of likely N-dealkylation sites (tertiary alicyclic amines) is 1. The Bertz CT molecular complexity index is 940. The van der Waals surface area contributed by atoms with E-state index in [9.17, 15) is 18.0 Å². The van der Waals surface area contributed by atoms with Gasteiger partial charge in [0.2, 0.25) is 0 Å². The zero-order chi connectivity index (χ0) is 21.7. The highest BCUT2D eigenvalue weighted by Crippen LogP contribution is 2.42. The molecule has 0 aliphatic carbocycles. The second-order valence-electron chi connectivity index (χ2n) is 9.07. The minimum atomic E-state index is -4.30. The van der Waals surface area contributed by atoms with Crippen molar-refractivity contribution in [3.8, 4) is 0 Å². The number of ether oxygens (including phenoxy) is 1. The van der Waals surface area contributed by atoms with E-state index in [2.05, 4.69) is 19.9 Å². The van der Waals surface area contributed by atoms with Crippen molar-refractivity contribution in [2.45, 2.75) is 51.8 Å². The molecular weight excluding hydrogens is 419 g/mol. The molecule has 2 aliphatic heterocycles. The lowest BCUT2D eigenvalue weighted by atomic mass is 9.72. The number of carbonyl (C=O) groups is 1. The number of carbonyl (C=O) groups excluding carboxylic acids is 1. The molecule has 0 atom stereocenters. The monoisotopic (exact) mass is 443 g/mol. The van der Waals surface area contributed by atoms with Crippen molar-refractivity contribution in [3.63, 3.8) is 0 Å². The molecule has 2 aliphatic rings. The minimum Gasteiger partial charge on any atom is -0.444 e. The summed E-state index contributed by atoms with van der Waals surface area (Å²) in [7, 11) is 0. The van der Waals surface area contributed by atoms with E-state index >= 15 is 0 Å². The third-order valence-corrected chi connectivity index (χ3v) is 6.36. The Morgan fingerprint density at radius 2 is 1.87 bits per heavy atom. The lowest BCUT2D eigenvalue weighted by Gasteiger charge is -2.53. The predicted octanol–water partition coefficient (Wildman–Crippen LogP) is 4.03. The lowest BCUT2D eigenvalue weighted by Crippen LogP contribution is -2.62. The zero-order valence-electron chi connectivity index (χ0n) is 17.1. The first kappa shape index (κ1) is 21.1. The Hall–Kier alpha value is -2.17. The number of alkyl halides is 3. The largest absolute Gasteiger partial charge is 0.444 e. The molecule has 2 aromatic rings. The number of piperidine rings is 1. The highest BCUT2D eigenvalue weighted by atomic mass is 32.1. The maximum Gasteiger partial charge on any atom is 0.410 e. The maximum atomic E-state index is 12.7. The molecule has 2 fully saturated rings. The summed E-state index contributed by atoms with van der Waals surface area (Å²) in [6.07, 6.45) is -2.52. The lowest BCUT2D eigenvalue weighted by molar-refractivity contribution is -0.127. The van der Waals surface area contributed by atoms with E-state index in [1.807, 2.05) is 20.8 Å². The van der Waals surface area contributed by atoms with Gasteiger partial charge in [0.05, 0.1) is 6.42 Å². The zero-order valence-corrected chi connectivity index (χ0v) is 17.9.